The highest BCUT2D eigenvalue weighted by Gasteiger charge is 2.23. The lowest BCUT2D eigenvalue weighted by molar-refractivity contribution is 0.0587. The van der Waals surface area contributed by atoms with Gasteiger partial charge in [-0.05, 0) is 24.0 Å². The number of hydrogen-bond acceptors (Lipinski definition) is 3. The lowest BCUT2D eigenvalue weighted by Crippen LogP contribution is -2.37. The molecule has 1 amide bonds. The molecular formula is C17H25NO3. The molecular weight excluding hydrogens is 266 g/mol. The topological polar surface area (TPSA) is 46.6 Å². The van der Waals surface area contributed by atoms with Gasteiger partial charge in [0.25, 0.3) is 5.91 Å². The number of benzene rings is 1. The fourth-order valence-corrected chi connectivity index (χ4v) is 2.25. The molecule has 0 unspecified atom stereocenters. The first kappa shape index (κ1) is 17.2. The smallest absolute Gasteiger partial charge is 0.338 e. The van der Waals surface area contributed by atoms with Crippen LogP contribution in [0.1, 0.15) is 48.4 Å². The van der Waals surface area contributed by atoms with Gasteiger partial charge in [-0.1, -0.05) is 39.8 Å². The van der Waals surface area contributed by atoms with Gasteiger partial charge in [-0.3, -0.25) is 4.79 Å². The van der Waals surface area contributed by atoms with E-state index in [4.69, 9.17) is 4.74 Å². The van der Waals surface area contributed by atoms with E-state index >= 15 is 0 Å². The Bertz CT molecular complexity index is 485. The van der Waals surface area contributed by atoms with Crippen LogP contribution in [0.4, 0.5) is 0 Å². The number of hydrogen-bond donors (Lipinski definition) is 0. The molecule has 0 aliphatic carbocycles. The van der Waals surface area contributed by atoms with Crippen molar-refractivity contribution in [3.8, 4) is 0 Å². The Labute approximate surface area is 127 Å². The van der Waals surface area contributed by atoms with Crippen LogP contribution in [-0.4, -0.2) is 37.0 Å². The minimum Gasteiger partial charge on any atom is -0.465 e. The van der Waals surface area contributed by atoms with E-state index in [1.54, 1.807) is 24.3 Å². The Kier molecular flexibility index (Phi) is 6.40. The summed E-state index contributed by atoms with van der Waals surface area (Å²) < 4.78 is 4.76. The molecule has 0 saturated carbocycles. The zero-order valence-electron chi connectivity index (χ0n) is 13.6. The predicted molar refractivity (Wildman–Crippen MR) is 83.4 cm³/mol. The number of carbonyl (C=O) groups is 2. The quantitative estimate of drug-likeness (QED) is 0.756. The van der Waals surface area contributed by atoms with E-state index in [0.717, 1.165) is 0 Å². The average molecular weight is 291 g/mol. The van der Waals surface area contributed by atoms with E-state index in [1.165, 1.54) is 7.11 Å². The summed E-state index contributed by atoms with van der Waals surface area (Å²) in [5, 5.41) is 0. The van der Waals surface area contributed by atoms with Crippen molar-refractivity contribution >= 4 is 11.9 Å². The molecule has 0 radical (unpaired) electrons. The van der Waals surface area contributed by atoms with Crippen LogP contribution in [-0.2, 0) is 4.74 Å². The molecule has 1 rings (SSSR count). The molecule has 0 aliphatic rings. The molecule has 0 fully saturated rings. The second-order valence-electron chi connectivity index (χ2n) is 6.03. The number of carbonyl (C=O) groups excluding carboxylic acids is 2. The zero-order chi connectivity index (χ0) is 16.0. The van der Waals surface area contributed by atoms with Crippen LogP contribution >= 0.6 is 0 Å². The second-order valence-corrected chi connectivity index (χ2v) is 6.03. The Morgan fingerprint density at radius 2 is 1.48 bits per heavy atom. The van der Waals surface area contributed by atoms with Crippen LogP contribution in [0.5, 0.6) is 0 Å². The van der Waals surface area contributed by atoms with Gasteiger partial charge in [0, 0.05) is 13.1 Å². The van der Waals surface area contributed by atoms with Crippen molar-refractivity contribution in [1.29, 1.82) is 0 Å². The number of methoxy groups -OCH3 is 1. The summed E-state index contributed by atoms with van der Waals surface area (Å²) >= 11 is 0. The first-order valence-electron chi connectivity index (χ1n) is 7.33. The van der Waals surface area contributed by atoms with Gasteiger partial charge >= 0.3 is 5.97 Å². The van der Waals surface area contributed by atoms with E-state index < -0.39 is 5.97 Å². The lowest BCUT2D eigenvalue weighted by atomic mass is 10.0. The minimum atomic E-state index is -0.479. The van der Waals surface area contributed by atoms with Crippen molar-refractivity contribution in [2.45, 2.75) is 27.7 Å². The van der Waals surface area contributed by atoms with E-state index in [1.807, 2.05) is 4.90 Å². The summed E-state index contributed by atoms with van der Waals surface area (Å²) in [6.07, 6.45) is 0. The fraction of sp³-hybridized carbons (Fsp3) is 0.529. The van der Waals surface area contributed by atoms with Crippen molar-refractivity contribution in [2.24, 2.45) is 11.8 Å². The SMILES string of the molecule is COC(=O)c1ccccc1C(=O)N(CC(C)C)CC(C)C. The number of nitrogens with zero attached hydrogens (tertiary/aromatic N) is 1. The molecule has 1 aromatic rings. The Morgan fingerprint density at radius 3 is 1.90 bits per heavy atom. The van der Waals surface area contributed by atoms with Gasteiger partial charge in [-0.15, -0.1) is 0 Å². The third kappa shape index (κ3) is 4.88. The highest BCUT2D eigenvalue weighted by molar-refractivity contribution is 6.05. The second kappa shape index (κ2) is 7.81. The molecule has 0 saturated heterocycles. The van der Waals surface area contributed by atoms with Gasteiger partial charge in [-0.25, -0.2) is 4.79 Å². The highest BCUT2D eigenvalue weighted by atomic mass is 16.5. The van der Waals surface area contributed by atoms with Crippen LogP contribution in [0, 0.1) is 11.8 Å². The number of amides is 1. The highest BCUT2D eigenvalue weighted by Crippen LogP contribution is 2.15. The largest absolute Gasteiger partial charge is 0.465 e. The van der Waals surface area contributed by atoms with Crippen molar-refractivity contribution in [3.05, 3.63) is 35.4 Å². The van der Waals surface area contributed by atoms with Gasteiger partial charge in [0.2, 0.25) is 0 Å². The van der Waals surface area contributed by atoms with Crippen molar-refractivity contribution in [1.82, 2.24) is 4.90 Å². The standard InChI is InChI=1S/C17H25NO3/c1-12(2)10-18(11-13(3)4)16(19)14-8-6-7-9-15(14)17(20)21-5/h6-9,12-13H,10-11H2,1-5H3. The van der Waals surface area contributed by atoms with Gasteiger partial charge in [0.15, 0.2) is 0 Å². The van der Waals surface area contributed by atoms with Crippen molar-refractivity contribution in [3.63, 3.8) is 0 Å². The minimum absolute atomic E-state index is 0.113. The van der Waals surface area contributed by atoms with Gasteiger partial charge in [0.05, 0.1) is 18.2 Å². The molecule has 21 heavy (non-hydrogen) atoms. The van der Waals surface area contributed by atoms with Gasteiger partial charge < -0.3 is 9.64 Å². The molecule has 0 spiro atoms. The van der Waals surface area contributed by atoms with E-state index in [2.05, 4.69) is 27.7 Å². The van der Waals surface area contributed by atoms with Crippen LogP contribution in [0.3, 0.4) is 0 Å². The molecule has 116 valence electrons. The lowest BCUT2D eigenvalue weighted by Gasteiger charge is -2.27. The third-order valence-corrected chi connectivity index (χ3v) is 3.02. The van der Waals surface area contributed by atoms with E-state index in [9.17, 15) is 9.59 Å². The molecule has 0 atom stereocenters. The van der Waals surface area contributed by atoms with Crippen LogP contribution in [0.15, 0.2) is 24.3 Å². The van der Waals surface area contributed by atoms with Crippen LogP contribution in [0.2, 0.25) is 0 Å². The summed E-state index contributed by atoms with van der Waals surface area (Å²) in [7, 11) is 1.32. The average Bonchev–Trinajstić information content (AvgIpc) is 2.44. The molecule has 0 bridgehead atoms. The fourth-order valence-electron chi connectivity index (χ4n) is 2.25. The van der Waals surface area contributed by atoms with Crippen molar-refractivity contribution in [2.75, 3.05) is 20.2 Å². The Balaban J connectivity index is 3.11. The molecule has 4 nitrogen and oxygen atoms in total. The van der Waals surface area contributed by atoms with Crippen molar-refractivity contribution < 1.29 is 14.3 Å². The Hall–Kier alpha value is -1.84. The molecule has 0 heterocycles. The number of rotatable bonds is 6. The maximum absolute atomic E-state index is 12.8. The summed E-state index contributed by atoms with van der Waals surface area (Å²) in [6, 6.07) is 6.81. The first-order valence-corrected chi connectivity index (χ1v) is 7.33. The molecule has 0 aromatic heterocycles. The van der Waals surface area contributed by atoms with Gasteiger partial charge in [-0.2, -0.15) is 0 Å². The van der Waals surface area contributed by atoms with E-state index in [-0.39, 0.29) is 5.91 Å². The van der Waals surface area contributed by atoms with Gasteiger partial charge in [0.1, 0.15) is 0 Å². The molecule has 0 N–H and O–H groups in total. The summed E-state index contributed by atoms with van der Waals surface area (Å²) in [5.74, 6) is 0.155. The number of ether oxygens (including phenoxy) is 1. The summed E-state index contributed by atoms with van der Waals surface area (Å²) in [6.45, 7) is 9.65. The molecule has 1 aromatic carbocycles. The maximum atomic E-state index is 12.8. The first-order chi connectivity index (χ1) is 9.86. The van der Waals surface area contributed by atoms with E-state index in [0.29, 0.717) is 36.1 Å². The van der Waals surface area contributed by atoms with Crippen LogP contribution in [0.25, 0.3) is 0 Å². The predicted octanol–water partition coefficient (Wildman–Crippen LogP) is 3.23. The Morgan fingerprint density at radius 1 is 1.00 bits per heavy atom. The maximum Gasteiger partial charge on any atom is 0.338 e. The third-order valence-electron chi connectivity index (χ3n) is 3.02. The summed E-state index contributed by atoms with van der Waals surface area (Å²) in [4.78, 5) is 26.4. The monoisotopic (exact) mass is 291 g/mol. The van der Waals surface area contributed by atoms with Crippen LogP contribution < -0.4 is 0 Å². The molecule has 4 heteroatoms. The normalized spacial score (nSPS) is 10.8. The summed E-state index contributed by atoms with van der Waals surface area (Å²) in [5.41, 5.74) is 0.730. The molecule has 0 aliphatic heterocycles. The zero-order valence-corrected chi connectivity index (χ0v) is 13.6. The number of esters is 1.